The van der Waals surface area contributed by atoms with Crippen molar-refractivity contribution in [3.8, 4) is 5.75 Å². The van der Waals surface area contributed by atoms with Crippen LogP contribution in [0.15, 0.2) is 18.2 Å². The number of aryl methyl sites for hydroxylation is 1. The summed E-state index contributed by atoms with van der Waals surface area (Å²) in [5.74, 6) is 1.39. The molecule has 2 nitrogen and oxygen atoms in total. The van der Waals surface area contributed by atoms with Crippen LogP contribution < -0.4 is 4.74 Å². The third-order valence-electron chi connectivity index (χ3n) is 1.91. The van der Waals surface area contributed by atoms with Crippen molar-refractivity contribution in [2.24, 2.45) is 0 Å². The summed E-state index contributed by atoms with van der Waals surface area (Å²) < 4.78 is 5.43. The Hall–Kier alpha value is -1.02. The van der Waals surface area contributed by atoms with Gasteiger partial charge in [0.05, 0.1) is 6.61 Å². The van der Waals surface area contributed by atoms with E-state index in [1.54, 1.807) is 12.1 Å². The number of rotatable bonds is 5. The molecule has 0 aliphatic rings. The molecule has 0 amide bonds. The highest BCUT2D eigenvalue weighted by Crippen LogP contribution is 2.16. The van der Waals surface area contributed by atoms with Crippen molar-refractivity contribution in [3.63, 3.8) is 0 Å². The number of alkyl halides is 1. The predicted molar refractivity (Wildman–Crippen MR) is 57.4 cm³/mol. The zero-order valence-electron chi connectivity index (χ0n) is 8.13. The molecule has 76 valence electrons. The van der Waals surface area contributed by atoms with Gasteiger partial charge in [-0.15, -0.1) is 11.6 Å². The van der Waals surface area contributed by atoms with Gasteiger partial charge in [0.15, 0.2) is 0 Å². The van der Waals surface area contributed by atoms with Crippen LogP contribution in [0.25, 0.3) is 0 Å². The van der Waals surface area contributed by atoms with Gasteiger partial charge in [-0.1, -0.05) is 0 Å². The van der Waals surface area contributed by atoms with E-state index in [1.165, 1.54) is 0 Å². The molecule has 1 aromatic carbocycles. The molecule has 0 fully saturated rings. The summed E-state index contributed by atoms with van der Waals surface area (Å²) in [6, 6.07) is 5.42. The van der Waals surface area contributed by atoms with Crippen LogP contribution in [0.3, 0.4) is 0 Å². The minimum Gasteiger partial charge on any atom is -0.494 e. The van der Waals surface area contributed by atoms with Crippen LogP contribution in [0, 0.1) is 6.92 Å². The van der Waals surface area contributed by atoms with Gasteiger partial charge in [-0.2, -0.15) is 0 Å². The SMILES string of the molecule is Cc1cc(OCCCCl)ccc1C=O. The first-order chi connectivity index (χ1) is 6.77. The second-order valence-corrected chi connectivity index (χ2v) is 3.41. The monoisotopic (exact) mass is 212 g/mol. The molecule has 0 N–H and O–H groups in total. The second-order valence-electron chi connectivity index (χ2n) is 3.03. The number of carbonyl (C=O) groups is 1. The lowest BCUT2D eigenvalue weighted by Crippen LogP contribution is -1.98. The number of benzene rings is 1. The van der Waals surface area contributed by atoms with E-state index in [1.807, 2.05) is 13.0 Å². The van der Waals surface area contributed by atoms with E-state index in [2.05, 4.69) is 0 Å². The molecule has 0 atom stereocenters. The molecule has 0 saturated carbocycles. The molecule has 0 unspecified atom stereocenters. The fourth-order valence-corrected chi connectivity index (χ4v) is 1.22. The highest BCUT2D eigenvalue weighted by molar-refractivity contribution is 6.17. The second kappa shape index (κ2) is 5.66. The summed E-state index contributed by atoms with van der Waals surface area (Å²) in [5.41, 5.74) is 1.64. The average molecular weight is 213 g/mol. The molecule has 0 radical (unpaired) electrons. The van der Waals surface area contributed by atoms with Crippen molar-refractivity contribution >= 4 is 17.9 Å². The Morgan fingerprint density at radius 2 is 2.29 bits per heavy atom. The van der Waals surface area contributed by atoms with Crippen LogP contribution in [0.1, 0.15) is 22.3 Å². The van der Waals surface area contributed by atoms with Gasteiger partial charge in [0.25, 0.3) is 0 Å². The van der Waals surface area contributed by atoms with Crippen molar-refractivity contribution in [1.82, 2.24) is 0 Å². The Bertz CT molecular complexity index is 310. The average Bonchev–Trinajstić information content (AvgIpc) is 2.18. The summed E-state index contributed by atoms with van der Waals surface area (Å²) in [7, 11) is 0. The molecule has 14 heavy (non-hydrogen) atoms. The van der Waals surface area contributed by atoms with Crippen LogP contribution in [0.5, 0.6) is 5.75 Å². The molecule has 0 aromatic heterocycles. The Labute approximate surface area is 88.8 Å². The number of hydrogen-bond donors (Lipinski definition) is 0. The standard InChI is InChI=1S/C11H13ClO2/c1-9-7-11(14-6-2-5-12)4-3-10(9)8-13/h3-4,7-8H,2,5-6H2,1H3. The molecule has 3 heteroatoms. The van der Waals surface area contributed by atoms with E-state index >= 15 is 0 Å². The lowest BCUT2D eigenvalue weighted by atomic mass is 10.1. The molecule has 0 spiro atoms. The highest BCUT2D eigenvalue weighted by atomic mass is 35.5. The highest BCUT2D eigenvalue weighted by Gasteiger charge is 1.99. The first kappa shape index (κ1) is 11.1. The third kappa shape index (κ3) is 3.04. The fraction of sp³-hybridized carbons (Fsp3) is 0.364. The zero-order chi connectivity index (χ0) is 10.4. The van der Waals surface area contributed by atoms with Gasteiger partial charge in [-0.3, -0.25) is 4.79 Å². The van der Waals surface area contributed by atoms with E-state index < -0.39 is 0 Å². The Morgan fingerprint density at radius 3 is 2.86 bits per heavy atom. The topological polar surface area (TPSA) is 26.3 Å². The molecule has 1 aromatic rings. The fourth-order valence-electron chi connectivity index (χ4n) is 1.11. The molecule has 0 aliphatic carbocycles. The molecule has 0 bridgehead atoms. The van der Waals surface area contributed by atoms with Gasteiger partial charge in [0, 0.05) is 11.4 Å². The summed E-state index contributed by atoms with van der Waals surface area (Å²) in [6.07, 6.45) is 1.67. The van der Waals surface area contributed by atoms with Gasteiger partial charge >= 0.3 is 0 Å². The lowest BCUT2D eigenvalue weighted by molar-refractivity contribution is 0.112. The molecule has 0 saturated heterocycles. The lowest BCUT2D eigenvalue weighted by Gasteiger charge is -2.06. The van der Waals surface area contributed by atoms with Crippen molar-refractivity contribution in [2.45, 2.75) is 13.3 Å². The molecule has 0 heterocycles. The Balaban J connectivity index is 2.62. The first-order valence-electron chi connectivity index (χ1n) is 4.52. The van der Waals surface area contributed by atoms with Gasteiger partial charge in [-0.25, -0.2) is 0 Å². The number of halogens is 1. The van der Waals surface area contributed by atoms with Crippen molar-refractivity contribution in [3.05, 3.63) is 29.3 Å². The van der Waals surface area contributed by atoms with Crippen LogP contribution in [0.2, 0.25) is 0 Å². The van der Waals surface area contributed by atoms with E-state index in [9.17, 15) is 4.79 Å². The molecular weight excluding hydrogens is 200 g/mol. The normalized spacial score (nSPS) is 9.86. The Kier molecular flexibility index (Phi) is 4.47. The maximum atomic E-state index is 10.5. The largest absolute Gasteiger partial charge is 0.494 e. The maximum Gasteiger partial charge on any atom is 0.150 e. The Morgan fingerprint density at radius 1 is 1.50 bits per heavy atom. The number of ether oxygens (including phenoxy) is 1. The van der Waals surface area contributed by atoms with Crippen molar-refractivity contribution in [1.29, 1.82) is 0 Å². The van der Waals surface area contributed by atoms with E-state index in [-0.39, 0.29) is 0 Å². The summed E-state index contributed by atoms with van der Waals surface area (Å²) in [6.45, 7) is 2.50. The van der Waals surface area contributed by atoms with Gasteiger partial charge < -0.3 is 4.74 Å². The quantitative estimate of drug-likeness (QED) is 0.426. The summed E-state index contributed by atoms with van der Waals surface area (Å²) in [5, 5.41) is 0. The molecule has 0 aliphatic heterocycles. The van der Waals surface area contributed by atoms with Crippen LogP contribution >= 0.6 is 11.6 Å². The number of aldehydes is 1. The van der Waals surface area contributed by atoms with E-state index in [0.29, 0.717) is 18.1 Å². The third-order valence-corrected chi connectivity index (χ3v) is 2.18. The summed E-state index contributed by atoms with van der Waals surface area (Å²) in [4.78, 5) is 10.5. The van der Waals surface area contributed by atoms with E-state index in [4.69, 9.17) is 16.3 Å². The van der Waals surface area contributed by atoms with Crippen molar-refractivity contribution in [2.75, 3.05) is 12.5 Å². The molecular formula is C11H13ClO2. The van der Waals surface area contributed by atoms with Gasteiger partial charge in [0.2, 0.25) is 0 Å². The van der Waals surface area contributed by atoms with Crippen LogP contribution in [-0.2, 0) is 0 Å². The van der Waals surface area contributed by atoms with Gasteiger partial charge in [0.1, 0.15) is 12.0 Å². The van der Waals surface area contributed by atoms with E-state index in [0.717, 1.165) is 24.0 Å². The summed E-state index contributed by atoms with van der Waals surface area (Å²) >= 11 is 5.52. The minimum atomic E-state index is 0.603. The predicted octanol–water partition coefficient (Wildman–Crippen LogP) is 2.82. The molecule has 1 rings (SSSR count). The zero-order valence-corrected chi connectivity index (χ0v) is 8.88. The smallest absolute Gasteiger partial charge is 0.150 e. The number of carbonyl (C=O) groups excluding carboxylic acids is 1. The van der Waals surface area contributed by atoms with Crippen LogP contribution in [-0.4, -0.2) is 18.8 Å². The number of hydrogen-bond acceptors (Lipinski definition) is 2. The minimum absolute atomic E-state index is 0.603. The maximum absolute atomic E-state index is 10.5. The first-order valence-corrected chi connectivity index (χ1v) is 5.06. The van der Waals surface area contributed by atoms with Gasteiger partial charge in [-0.05, 0) is 37.1 Å². The van der Waals surface area contributed by atoms with Crippen LogP contribution in [0.4, 0.5) is 0 Å². The van der Waals surface area contributed by atoms with Crippen molar-refractivity contribution < 1.29 is 9.53 Å².